The van der Waals surface area contributed by atoms with Crippen LogP contribution in [-0.2, 0) is 7.05 Å². The van der Waals surface area contributed by atoms with Crippen molar-refractivity contribution in [2.75, 3.05) is 31.5 Å². The van der Waals surface area contributed by atoms with Gasteiger partial charge in [-0.1, -0.05) is 13.8 Å². The van der Waals surface area contributed by atoms with Gasteiger partial charge in [-0.2, -0.15) is 5.10 Å². The fourth-order valence-electron chi connectivity index (χ4n) is 3.59. The Labute approximate surface area is 131 Å². The molecule has 1 aliphatic rings. The molecule has 2 aromatic rings. The molecule has 6 nitrogen and oxygen atoms in total. The molecule has 1 saturated heterocycles. The van der Waals surface area contributed by atoms with Crippen LogP contribution in [0.15, 0.2) is 12.5 Å². The lowest BCUT2D eigenvalue weighted by molar-refractivity contribution is 0.141. The Balaban J connectivity index is 1.50. The first-order chi connectivity index (χ1) is 10.6. The maximum atomic E-state index is 4.34. The largest absolute Gasteiger partial charge is 0.369 e. The molecule has 22 heavy (non-hydrogen) atoms. The summed E-state index contributed by atoms with van der Waals surface area (Å²) in [5.74, 6) is 2.54. The second kappa shape index (κ2) is 6.60. The van der Waals surface area contributed by atoms with E-state index in [1.54, 1.807) is 11.0 Å². The van der Waals surface area contributed by atoms with Crippen molar-refractivity contribution in [2.45, 2.75) is 26.7 Å². The monoisotopic (exact) mass is 302 g/mol. The van der Waals surface area contributed by atoms with Crippen molar-refractivity contribution in [3.05, 3.63) is 12.5 Å². The molecule has 0 amide bonds. The average Bonchev–Trinajstić information content (AvgIpc) is 2.85. The lowest BCUT2D eigenvalue weighted by Gasteiger charge is -2.34. The fraction of sp³-hybridized carbons (Fsp3) is 0.688. The Bertz CT molecular complexity index is 612. The molecule has 0 radical (unpaired) electrons. The van der Waals surface area contributed by atoms with Crippen molar-refractivity contribution in [1.29, 1.82) is 0 Å². The van der Waals surface area contributed by atoms with E-state index in [-0.39, 0.29) is 0 Å². The van der Waals surface area contributed by atoms with E-state index >= 15 is 0 Å². The third-order valence-electron chi connectivity index (χ3n) is 4.42. The van der Waals surface area contributed by atoms with Gasteiger partial charge in [0.05, 0.1) is 11.6 Å². The van der Waals surface area contributed by atoms with E-state index in [1.165, 1.54) is 19.5 Å². The molecule has 2 atom stereocenters. The van der Waals surface area contributed by atoms with Crippen molar-refractivity contribution in [3.63, 3.8) is 0 Å². The van der Waals surface area contributed by atoms with Gasteiger partial charge in [0, 0.05) is 26.7 Å². The molecule has 2 aromatic heterocycles. The predicted octanol–water partition coefficient (Wildman–Crippen LogP) is 2.14. The molecule has 120 valence electrons. The lowest BCUT2D eigenvalue weighted by Crippen LogP contribution is -2.39. The molecule has 6 heteroatoms. The van der Waals surface area contributed by atoms with E-state index in [0.717, 1.165) is 48.2 Å². The molecular formula is C16H26N6. The number of aromatic nitrogens is 4. The number of hydrogen-bond acceptors (Lipinski definition) is 5. The number of nitrogens with zero attached hydrogens (tertiary/aromatic N) is 5. The van der Waals surface area contributed by atoms with Crippen molar-refractivity contribution in [2.24, 2.45) is 18.9 Å². The Morgan fingerprint density at radius 1 is 1.23 bits per heavy atom. The second-order valence-corrected chi connectivity index (χ2v) is 6.71. The minimum Gasteiger partial charge on any atom is -0.369 e. The van der Waals surface area contributed by atoms with E-state index in [4.69, 9.17) is 0 Å². The third kappa shape index (κ3) is 3.38. The van der Waals surface area contributed by atoms with Crippen LogP contribution in [0.4, 0.5) is 5.82 Å². The summed E-state index contributed by atoms with van der Waals surface area (Å²) < 4.78 is 1.78. The minimum absolute atomic E-state index is 0.827. The normalized spacial score (nSPS) is 23.0. The zero-order chi connectivity index (χ0) is 15.5. The summed E-state index contributed by atoms with van der Waals surface area (Å²) >= 11 is 0. The smallest absolute Gasteiger partial charge is 0.163 e. The Morgan fingerprint density at radius 2 is 2.00 bits per heavy atom. The zero-order valence-electron chi connectivity index (χ0n) is 13.8. The zero-order valence-corrected chi connectivity index (χ0v) is 13.8. The van der Waals surface area contributed by atoms with Gasteiger partial charge >= 0.3 is 0 Å². The molecule has 1 N–H and O–H groups in total. The van der Waals surface area contributed by atoms with Gasteiger partial charge in [-0.05, 0) is 31.2 Å². The average molecular weight is 302 g/mol. The van der Waals surface area contributed by atoms with Crippen LogP contribution in [0.2, 0.25) is 0 Å². The maximum Gasteiger partial charge on any atom is 0.163 e. The summed E-state index contributed by atoms with van der Waals surface area (Å²) in [5, 5.41) is 8.66. The molecule has 0 saturated carbocycles. The molecular weight excluding hydrogens is 276 g/mol. The summed E-state index contributed by atoms with van der Waals surface area (Å²) in [4.78, 5) is 11.2. The van der Waals surface area contributed by atoms with Gasteiger partial charge < -0.3 is 10.2 Å². The van der Waals surface area contributed by atoms with E-state index in [0.29, 0.717) is 0 Å². The van der Waals surface area contributed by atoms with Gasteiger partial charge in [-0.3, -0.25) is 4.68 Å². The lowest BCUT2D eigenvalue weighted by atomic mass is 9.92. The Kier molecular flexibility index (Phi) is 4.57. The maximum absolute atomic E-state index is 4.34. The highest BCUT2D eigenvalue weighted by Gasteiger charge is 2.21. The number of nitrogens with one attached hydrogen (secondary N) is 1. The van der Waals surface area contributed by atoms with Gasteiger partial charge in [-0.15, -0.1) is 0 Å². The van der Waals surface area contributed by atoms with E-state index < -0.39 is 0 Å². The number of rotatable bonds is 5. The number of anilines is 1. The molecule has 2 unspecified atom stereocenters. The van der Waals surface area contributed by atoms with Crippen molar-refractivity contribution in [1.82, 2.24) is 24.6 Å². The molecule has 0 spiro atoms. The van der Waals surface area contributed by atoms with Gasteiger partial charge in [0.2, 0.25) is 0 Å². The van der Waals surface area contributed by atoms with Crippen LogP contribution in [0.1, 0.15) is 26.7 Å². The van der Waals surface area contributed by atoms with Gasteiger partial charge in [0.15, 0.2) is 5.65 Å². The van der Waals surface area contributed by atoms with Crippen LogP contribution < -0.4 is 5.32 Å². The second-order valence-electron chi connectivity index (χ2n) is 6.71. The van der Waals surface area contributed by atoms with Crippen molar-refractivity contribution < 1.29 is 0 Å². The number of fused-ring (bicyclic) bond motifs is 1. The molecule has 0 bridgehead atoms. The number of likely N-dealkylation sites (tertiary alicyclic amines) is 1. The first kappa shape index (κ1) is 15.2. The summed E-state index contributed by atoms with van der Waals surface area (Å²) in [6, 6.07) is 0. The van der Waals surface area contributed by atoms with Gasteiger partial charge in [-0.25, -0.2) is 9.97 Å². The standard InChI is InChI=1S/C16H26N6/c1-12-7-13(2)10-22(9-12)6-4-5-17-15-14-8-20-21(3)16(14)19-11-18-15/h8,11-13H,4-7,9-10H2,1-3H3,(H,17,18,19). The highest BCUT2D eigenvalue weighted by atomic mass is 15.3. The van der Waals surface area contributed by atoms with Gasteiger partial charge in [0.25, 0.3) is 0 Å². The molecule has 0 aromatic carbocycles. The molecule has 3 heterocycles. The topological polar surface area (TPSA) is 58.9 Å². The summed E-state index contributed by atoms with van der Waals surface area (Å²) in [6.07, 6.45) is 5.92. The highest BCUT2D eigenvalue weighted by Crippen LogP contribution is 2.21. The van der Waals surface area contributed by atoms with Crippen LogP contribution in [0.5, 0.6) is 0 Å². The Morgan fingerprint density at radius 3 is 2.77 bits per heavy atom. The SMILES string of the molecule is CC1CC(C)CN(CCCNc2ncnc3c2cnn3C)C1. The van der Waals surface area contributed by atoms with Gasteiger partial charge in [0.1, 0.15) is 12.1 Å². The van der Waals surface area contributed by atoms with Crippen LogP contribution in [0, 0.1) is 11.8 Å². The summed E-state index contributed by atoms with van der Waals surface area (Å²) in [7, 11) is 1.90. The summed E-state index contributed by atoms with van der Waals surface area (Å²) in [6.45, 7) is 9.29. The van der Waals surface area contributed by atoms with Crippen LogP contribution in [0.25, 0.3) is 11.0 Å². The van der Waals surface area contributed by atoms with E-state index in [2.05, 4.69) is 39.1 Å². The third-order valence-corrected chi connectivity index (χ3v) is 4.42. The molecule has 3 rings (SSSR count). The molecule has 0 aliphatic carbocycles. The Hall–Kier alpha value is -1.69. The molecule has 1 aliphatic heterocycles. The highest BCUT2D eigenvalue weighted by molar-refractivity contribution is 5.85. The van der Waals surface area contributed by atoms with Crippen LogP contribution in [0.3, 0.4) is 0 Å². The first-order valence-corrected chi connectivity index (χ1v) is 8.22. The number of hydrogen-bond donors (Lipinski definition) is 1. The minimum atomic E-state index is 0.827. The summed E-state index contributed by atoms with van der Waals surface area (Å²) in [5.41, 5.74) is 0.871. The van der Waals surface area contributed by atoms with Crippen molar-refractivity contribution in [3.8, 4) is 0 Å². The number of piperidine rings is 1. The molecule has 1 fully saturated rings. The quantitative estimate of drug-likeness (QED) is 0.858. The van der Waals surface area contributed by atoms with E-state index in [9.17, 15) is 0 Å². The predicted molar refractivity (Wildman–Crippen MR) is 88.8 cm³/mol. The van der Waals surface area contributed by atoms with Crippen LogP contribution >= 0.6 is 0 Å². The van der Waals surface area contributed by atoms with Crippen LogP contribution in [-0.4, -0.2) is 50.8 Å². The fourth-order valence-corrected chi connectivity index (χ4v) is 3.59. The van der Waals surface area contributed by atoms with Crippen molar-refractivity contribution >= 4 is 16.9 Å². The number of aryl methyl sites for hydroxylation is 1. The first-order valence-electron chi connectivity index (χ1n) is 8.22. The van der Waals surface area contributed by atoms with E-state index in [1.807, 2.05) is 13.2 Å².